The summed E-state index contributed by atoms with van der Waals surface area (Å²) >= 11 is 0. The monoisotopic (exact) mass is 654 g/mol. The quantitative estimate of drug-likeness (QED) is 0.296. The van der Waals surface area contributed by atoms with Gasteiger partial charge < -0.3 is 9.47 Å². The molecule has 0 bridgehead atoms. The molecule has 0 aromatic heterocycles. The lowest BCUT2D eigenvalue weighted by molar-refractivity contribution is -0.167. The molecule has 0 N–H and O–H groups in total. The molecule has 0 amide bonds. The lowest BCUT2D eigenvalue weighted by Crippen LogP contribution is -2.54. The molecule has 48 heavy (non-hydrogen) atoms. The number of hydrogen-bond acceptors (Lipinski definition) is 5. The van der Waals surface area contributed by atoms with E-state index in [0.717, 1.165) is 57.8 Å². The summed E-state index contributed by atoms with van der Waals surface area (Å²) < 4.78 is 12.5. The summed E-state index contributed by atoms with van der Waals surface area (Å²) in [4.78, 5) is 38.8. The van der Waals surface area contributed by atoms with E-state index in [1.54, 1.807) is 11.1 Å². The van der Waals surface area contributed by atoms with Crippen LogP contribution in [0.5, 0.6) is 0 Å². The highest BCUT2D eigenvalue weighted by atomic mass is 16.6. The van der Waals surface area contributed by atoms with Gasteiger partial charge in [-0.3, -0.25) is 14.4 Å². The molecule has 0 heterocycles. The van der Waals surface area contributed by atoms with Crippen LogP contribution in [0.3, 0.4) is 0 Å². The van der Waals surface area contributed by atoms with Crippen molar-refractivity contribution in [3.63, 3.8) is 0 Å². The molecule has 7 unspecified atom stereocenters. The first kappa shape index (κ1) is 32.8. The van der Waals surface area contributed by atoms with E-state index in [9.17, 15) is 14.4 Å². The Hall–Kier alpha value is -2.43. The maximum Gasteiger partial charge on any atom is 0.306 e. The van der Waals surface area contributed by atoms with E-state index >= 15 is 0 Å². The van der Waals surface area contributed by atoms with Crippen LogP contribution in [0.2, 0.25) is 0 Å². The SMILES string of the molecule is Cc1ccc2c(c1)CCC1C2CC[C@@]2(C)C1CC[C@@H]2OC(=O)CCC(=O)O[C@H]1CCC2C3C(C4CCC(=O)C=C4C[C@H]3C)[C@@H](C)C[C@@]21C. The molecule has 5 heteroatoms. The second-order valence-electron chi connectivity index (χ2n) is 18.2. The number of ketones is 1. The number of benzene rings is 1. The van der Waals surface area contributed by atoms with Gasteiger partial charge in [0.25, 0.3) is 0 Å². The minimum atomic E-state index is -0.242. The van der Waals surface area contributed by atoms with E-state index < -0.39 is 0 Å². The van der Waals surface area contributed by atoms with Gasteiger partial charge >= 0.3 is 11.9 Å². The van der Waals surface area contributed by atoms with Crippen molar-refractivity contribution in [2.24, 2.45) is 58.2 Å². The molecule has 8 rings (SSSR count). The maximum atomic E-state index is 13.3. The molecule has 0 aliphatic heterocycles. The van der Waals surface area contributed by atoms with E-state index in [0.29, 0.717) is 65.5 Å². The van der Waals surface area contributed by atoms with Crippen LogP contribution in [0.15, 0.2) is 29.8 Å². The average molecular weight is 655 g/mol. The number of rotatable bonds is 5. The molecule has 0 saturated heterocycles. The highest BCUT2D eigenvalue weighted by Gasteiger charge is 2.61. The summed E-state index contributed by atoms with van der Waals surface area (Å²) in [6.07, 6.45) is 14.7. The number of esters is 2. The summed E-state index contributed by atoms with van der Waals surface area (Å²) in [7, 11) is 0. The first-order valence-electron chi connectivity index (χ1n) is 19.7. The number of carbonyl (C=O) groups excluding carboxylic acids is 3. The smallest absolute Gasteiger partial charge is 0.306 e. The number of carbonyl (C=O) groups is 3. The van der Waals surface area contributed by atoms with Crippen molar-refractivity contribution in [2.45, 2.75) is 143 Å². The third-order valence-electron chi connectivity index (χ3n) is 15.7. The molecular weight excluding hydrogens is 596 g/mol. The van der Waals surface area contributed by atoms with Crippen LogP contribution in [0.1, 0.15) is 134 Å². The Morgan fingerprint density at radius 3 is 2.25 bits per heavy atom. The van der Waals surface area contributed by atoms with Gasteiger partial charge in [0.2, 0.25) is 0 Å². The first-order chi connectivity index (χ1) is 23.0. The molecule has 7 aliphatic carbocycles. The van der Waals surface area contributed by atoms with Gasteiger partial charge in [-0.2, -0.15) is 0 Å². The van der Waals surface area contributed by atoms with Crippen LogP contribution in [0.4, 0.5) is 0 Å². The topological polar surface area (TPSA) is 69.7 Å². The fraction of sp³-hybridized carbons (Fsp3) is 0.744. The third kappa shape index (κ3) is 5.26. The van der Waals surface area contributed by atoms with Crippen molar-refractivity contribution < 1.29 is 23.9 Å². The second kappa shape index (κ2) is 12.1. The van der Waals surface area contributed by atoms with Gasteiger partial charge in [0.05, 0.1) is 12.8 Å². The summed E-state index contributed by atoms with van der Waals surface area (Å²) in [5.74, 6) is 5.16. The van der Waals surface area contributed by atoms with E-state index in [-0.39, 0.29) is 47.8 Å². The number of allylic oxidation sites excluding steroid dienone is 1. The highest BCUT2D eigenvalue weighted by Crippen LogP contribution is 2.65. The Bertz CT molecular complexity index is 1510. The molecule has 1 aromatic rings. The van der Waals surface area contributed by atoms with Crippen LogP contribution in [-0.2, 0) is 30.3 Å². The molecule has 0 spiro atoms. The summed E-state index contributed by atoms with van der Waals surface area (Å²) in [5, 5.41) is 0. The fourth-order valence-electron chi connectivity index (χ4n) is 13.8. The van der Waals surface area contributed by atoms with Gasteiger partial charge in [0.15, 0.2) is 5.78 Å². The predicted octanol–water partition coefficient (Wildman–Crippen LogP) is 9.09. The van der Waals surface area contributed by atoms with Crippen molar-refractivity contribution >= 4 is 17.7 Å². The van der Waals surface area contributed by atoms with E-state index in [1.807, 2.05) is 6.08 Å². The van der Waals surface area contributed by atoms with Gasteiger partial charge in [0.1, 0.15) is 12.2 Å². The van der Waals surface area contributed by atoms with E-state index in [2.05, 4.69) is 52.8 Å². The molecule has 0 radical (unpaired) electrons. The Balaban J connectivity index is 0.863. The summed E-state index contributed by atoms with van der Waals surface area (Å²) in [5.41, 5.74) is 5.90. The van der Waals surface area contributed by atoms with Crippen LogP contribution in [0.25, 0.3) is 0 Å². The molecule has 5 nitrogen and oxygen atoms in total. The largest absolute Gasteiger partial charge is 0.462 e. The maximum absolute atomic E-state index is 13.3. The zero-order valence-corrected chi connectivity index (χ0v) is 30.1. The average Bonchev–Trinajstić information content (AvgIpc) is 3.54. The molecule has 260 valence electrons. The third-order valence-corrected chi connectivity index (χ3v) is 15.7. The minimum Gasteiger partial charge on any atom is -0.462 e. The van der Waals surface area contributed by atoms with Gasteiger partial charge in [-0.25, -0.2) is 0 Å². The predicted molar refractivity (Wildman–Crippen MR) is 186 cm³/mol. The molecule has 13 atom stereocenters. The van der Waals surface area contributed by atoms with Gasteiger partial charge in [-0.05, 0) is 148 Å². The van der Waals surface area contributed by atoms with Crippen molar-refractivity contribution in [3.8, 4) is 0 Å². The zero-order chi connectivity index (χ0) is 33.5. The van der Waals surface area contributed by atoms with E-state index in [1.165, 1.54) is 24.0 Å². The van der Waals surface area contributed by atoms with Crippen molar-refractivity contribution in [1.29, 1.82) is 0 Å². The van der Waals surface area contributed by atoms with Gasteiger partial charge in [-0.15, -0.1) is 0 Å². The van der Waals surface area contributed by atoms with Crippen molar-refractivity contribution in [3.05, 3.63) is 46.5 Å². The summed E-state index contributed by atoms with van der Waals surface area (Å²) in [6, 6.07) is 7.06. The Kier molecular flexibility index (Phi) is 8.27. The second-order valence-corrected chi connectivity index (χ2v) is 18.2. The van der Waals surface area contributed by atoms with Crippen molar-refractivity contribution in [2.75, 3.05) is 0 Å². The van der Waals surface area contributed by atoms with Crippen LogP contribution in [-0.4, -0.2) is 29.9 Å². The Morgan fingerprint density at radius 1 is 0.792 bits per heavy atom. The lowest BCUT2D eigenvalue weighted by atomic mass is 9.47. The molecule has 5 fully saturated rings. The van der Waals surface area contributed by atoms with Crippen molar-refractivity contribution in [1.82, 2.24) is 0 Å². The Morgan fingerprint density at radius 2 is 1.50 bits per heavy atom. The minimum absolute atomic E-state index is 0.0263. The zero-order valence-electron chi connectivity index (χ0n) is 30.1. The molecular formula is C43H58O5. The number of aryl methyl sites for hydroxylation is 2. The van der Waals surface area contributed by atoms with Crippen LogP contribution >= 0.6 is 0 Å². The fourth-order valence-corrected chi connectivity index (χ4v) is 13.8. The van der Waals surface area contributed by atoms with E-state index in [4.69, 9.17) is 9.47 Å². The number of hydrogen-bond donors (Lipinski definition) is 0. The standard InChI is InChI=1S/C43H58O5/c1-24-6-9-30-27(20-24)7-10-33-32(30)18-19-42(4)34(33)12-14-36(42)47-38(45)16-17-39(46)48-37-15-13-35-41-25(2)21-28-22-29(44)8-11-31(28)40(41)26(3)23-43(35,37)5/h6,9,20,22,25-26,31-37,40-41H,7-8,10-19,21,23H2,1-5H3/t25-,26+,31?,32?,33?,34?,35?,36+,37+,40?,41?,42+,43+/m1/s1. The molecule has 1 aromatic carbocycles. The highest BCUT2D eigenvalue weighted by molar-refractivity contribution is 5.91. The summed E-state index contributed by atoms with van der Waals surface area (Å²) in [6.45, 7) is 11.8. The van der Waals surface area contributed by atoms with Crippen LogP contribution in [0, 0.1) is 65.1 Å². The van der Waals surface area contributed by atoms with Gasteiger partial charge in [0, 0.05) is 17.3 Å². The van der Waals surface area contributed by atoms with Crippen LogP contribution < -0.4 is 0 Å². The van der Waals surface area contributed by atoms with Gasteiger partial charge in [-0.1, -0.05) is 57.0 Å². The first-order valence-corrected chi connectivity index (χ1v) is 19.7. The lowest BCUT2D eigenvalue weighted by Gasteiger charge is -2.58. The number of ether oxygens (including phenoxy) is 2. The molecule has 5 saturated carbocycles. The normalized spacial score (nSPS) is 44.2. The molecule has 7 aliphatic rings. The Labute approximate surface area is 288 Å². The number of fused-ring (bicyclic) bond motifs is 10.